The summed E-state index contributed by atoms with van der Waals surface area (Å²) in [6.45, 7) is -0.403. The zero-order valence-corrected chi connectivity index (χ0v) is 9.40. The first-order chi connectivity index (χ1) is 8.10. The standard InChI is InChI=1S/C10H7N3O3S/c11-3-5-13(6-4-12)9(14)7-1-2-8(17-7)10(15)16/h1-2H,5-6H2,(H,15,16). The van der Waals surface area contributed by atoms with Gasteiger partial charge in [-0.25, -0.2) is 4.79 Å². The number of carbonyl (C=O) groups is 2. The van der Waals surface area contributed by atoms with Crippen molar-refractivity contribution in [2.75, 3.05) is 13.1 Å². The molecule has 1 aromatic heterocycles. The largest absolute Gasteiger partial charge is 0.477 e. The molecule has 1 amide bonds. The molecule has 0 aliphatic carbocycles. The van der Waals surface area contributed by atoms with Crippen LogP contribution in [-0.4, -0.2) is 35.0 Å². The summed E-state index contributed by atoms with van der Waals surface area (Å²) in [5.41, 5.74) is 0. The third-order valence-corrected chi connectivity index (χ3v) is 2.90. The third kappa shape index (κ3) is 3.03. The van der Waals surface area contributed by atoms with Crippen LogP contribution in [0.3, 0.4) is 0 Å². The zero-order chi connectivity index (χ0) is 12.8. The molecule has 86 valence electrons. The monoisotopic (exact) mass is 249 g/mol. The van der Waals surface area contributed by atoms with E-state index in [0.717, 1.165) is 16.2 Å². The maximum Gasteiger partial charge on any atom is 0.345 e. The van der Waals surface area contributed by atoms with Crippen LogP contribution in [0.4, 0.5) is 0 Å². The molecule has 0 aliphatic rings. The number of rotatable bonds is 4. The Kier molecular flexibility index (Phi) is 4.21. The molecule has 0 aromatic carbocycles. The Balaban J connectivity index is 2.90. The first kappa shape index (κ1) is 12.7. The van der Waals surface area contributed by atoms with Gasteiger partial charge >= 0.3 is 5.97 Å². The summed E-state index contributed by atoms with van der Waals surface area (Å²) < 4.78 is 0. The fraction of sp³-hybridized carbons (Fsp3) is 0.200. The van der Waals surface area contributed by atoms with Gasteiger partial charge in [-0.05, 0) is 12.1 Å². The number of thiophene rings is 1. The summed E-state index contributed by atoms with van der Waals surface area (Å²) in [4.78, 5) is 23.7. The van der Waals surface area contributed by atoms with Crippen molar-refractivity contribution >= 4 is 23.2 Å². The molecule has 1 rings (SSSR count). The molecule has 7 heteroatoms. The van der Waals surface area contributed by atoms with Gasteiger partial charge in [0.1, 0.15) is 18.0 Å². The van der Waals surface area contributed by atoms with Crippen molar-refractivity contribution in [3.63, 3.8) is 0 Å². The lowest BCUT2D eigenvalue weighted by molar-refractivity contribution is 0.0701. The van der Waals surface area contributed by atoms with Crippen molar-refractivity contribution in [3.05, 3.63) is 21.9 Å². The average Bonchev–Trinajstić information content (AvgIpc) is 2.77. The second-order valence-electron chi connectivity index (χ2n) is 2.95. The first-order valence-corrected chi connectivity index (χ1v) is 5.28. The number of carbonyl (C=O) groups excluding carboxylic acids is 1. The minimum Gasteiger partial charge on any atom is -0.477 e. The Bertz CT molecular complexity index is 508. The molecule has 0 bridgehead atoms. The second-order valence-corrected chi connectivity index (χ2v) is 4.03. The van der Waals surface area contributed by atoms with Crippen molar-refractivity contribution in [1.29, 1.82) is 10.5 Å². The lowest BCUT2D eigenvalue weighted by atomic mass is 10.3. The molecule has 0 saturated heterocycles. The molecule has 0 atom stereocenters. The summed E-state index contributed by atoms with van der Waals surface area (Å²) in [6, 6.07) is 6.24. The van der Waals surface area contributed by atoms with E-state index in [1.807, 2.05) is 0 Å². The van der Waals surface area contributed by atoms with Gasteiger partial charge < -0.3 is 10.0 Å². The van der Waals surface area contributed by atoms with Crippen molar-refractivity contribution in [2.45, 2.75) is 0 Å². The third-order valence-electron chi connectivity index (χ3n) is 1.84. The smallest absolute Gasteiger partial charge is 0.345 e. The molecular formula is C10H7N3O3S. The van der Waals surface area contributed by atoms with E-state index in [-0.39, 0.29) is 22.8 Å². The number of nitriles is 2. The summed E-state index contributed by atoms with van der Waals surface area (Å²) in [5, 5.41) is 25.7. The predicted molar refractivity (Wildman–Crippen MR) is 58.4 cm³/mol. The van der Waals surface area contributed by atoms with Crippen LogP contribution < -0.4 is 0 Å². The highest BCUT2D eigenvalue weighted by atomic mass is 32.1. The van der Waals surface area contributed by atoms with Gasteiger partial charge in [0.15, 0.2) is 0 Å². The molecule has 1 N–H and O–H groups in total. The van der Waals surface area contributed by atoms with Gasteiger partial charge in [-0.3, -0.25) is 4.79 Å². The van der Waals surface area contributed by atoms with Crippen LogP contribution in [0.15, 0.2) is 12.1 Å². The van der Waals surface area contributed by atoms with Gasteiger partial charge in [0, 0.05) is 0 Å². The maximum absolute atomic E-state index is 11.8. The van der Waals surface area contributed by atoms with Gasteiger partial charge in [-0.2, -0.15) is 10.5 Å². The number of carboxylic acid groups (broad SMARTS) is 1. The predicted octanol–water partition coefficient (Wildman–Crippen LogP) is 0.936. The van der Waals surface area contributed by atoms with E-state index in [0.29, 0.717) is 0 Å². The van der Waals surface area contributed by atoms with Crippen LogP contribution in [0.25, 0.3) is 0 Å². The fourth-order valence-electron chi connectivity index (χ4n) is 1.09. The second kappa shape index (κ2) is 5.64. The van der Waals surface area contributed by atoms with E-state index in [1.54, 1.807) is 12.1 Å². The highest BCUT2D eigenvalue weighted by Crippen LogP contribution is 2.18. The molecular weight excluding hydrogens is 242 g/mol. The number of hydrogen-bond acceptors (Lipinski definition) is 5. The Morgan fingerprint density at radius 2 is 1.76 bits per heavy atom. The van der Waals surface area contributed by atoms with Gasteiger partial charge in [-0.15, -0.1) is 11.3 Å². The number of hydrogen-bond donors (Lipinski definition) is 1. The van der Waals surface area contributed by atoms with E-state index in [9.17, 15) is 9.59 Å². The fourth-order valence-corrected chi connectivity index (χ4v) is 1.91. The van der Waals surface area contributed by atoms with E-state index in [2.05, 4.69) is 0 Å². The summed E-state index contributed by atoms with van der Waals surface area (Å²) in [5.74, 6) is -1.62. The first-order valence-electron chi connectivity index (χ1n) is 4.46. The topological polar surface area (TPSA) is 105 Å². The van der Waals surface area contributed by atoms with Crippen LogP contribution in [0.2, 0.25) is 0 Å². The van der Waals surface area contributed by atoms with Crippen molar-refractivity contribution in [2.24, 2.45) is 0 Å². The van der Waals surface area contributed by atoms with Gasteiger partial charge in [0.05, 0.1) is 17.0 Å². The van der Waals surface area contributed by atoms with Gasteiger partial charge in [-0.1, -0.05) is 0 Å². The van der Waals surface area contributed by atoms with E-state index in [4.69, 9.17) is 15.6 Å². The van der Waals surface area contributed by atoms with E-state index < -0.39 is 11.9 Å². The molecule has 0 radical (unpaired) electrons. The SMILES string of the molecule is N#CCN(CC#N)C(=O)c1ccc(C(=O)O)s1. The Morgan fingerprint density at radius 3 is 2.18 bits per heavy atom. The van der Waals surface area contributed by atoms with Crippen molar-refractivity contribution in [1.82, 2.24) is 4.90 Å². The highest BCUT2D eigenvalue weighted by molar-refractivity contribution is 7.15. The molecule has 6 nitrogen and oxygen atoms in total. The minimum absolute atomic E-state index is 0.0437. The molecule has 1 aromatic rings. The van der Waals surface area contributed by atoms with Crippen LogP contribution in [-0.2, 0) is 0 Å². The zero-order valence-electron chi connectivity index (χ0n) is 8.58. The molecule has 0 unspecified atom stereocenters. The van der Waals surface area contributed by atoms with Crippen molar-refractivity contribution in [3.8, 4) is 12.1 Å². The normalized spacial score (nSPS) is 9.06. The molecule has 0 fully saturated rings. The van der Waals surface area contributed by atoms with Crippen LogP contribution in [0, 0.1) is 22.7 Å². The Labute approximate surface area is 101 Å². The minimum atomic E-state index is -1.11. The van der Waals surface area contributed by atoms with Gasteiger partial charge in [0.2, 0.25) is 0 Å². The lowest BCUT2D eigenvalue weighted by Gasteiger charge is -2.13. The summed E-state index contributed by atoms with van der Waals surface area (Å²) >= 11 is 0.820. The number of nitrogens with zero attached hydrogens (tertiary/aromatic N) is 3. The Morgan fingerprint density at radius 1 is 1.24 bits per heavy atom. The average molecular weight is 249 g/mol. The van der Waals surface area contributed by atoms with E-state index in [1.165, 1.54) is 12.1 Å². The molecule has 0 aliphatic heterocycles. The quantitative estimate of drug-likeness (QED) is 0.799. The molecule has 1 heterocycles. The van der Waals surface area contributed by atoms with Crippen LogP contribution >= 0.6 is 11.3 Å². The molecule has 0 saturated carbocycles. The van der Waals surface area contributed by atoms with E-state index >= 15 is 0 Å². The van der Waals surface area contributed by atoms with Crippen LogP contribution in [0.5, 0.6) is 0 Å². The number of carboxylic acids is 1. The molecule has 0 spiro atoms. The summed E-state index contributed by atoms with van der Waals surface area (Å²) in [6.07, 6.45) is 0. The molecule has 17 heavy (non-hydrogen) atoms. The van der Waals surface area contributed by atoms with Crippen LogP contribution in [0.1, 0.15) is 19.3 Å². The highest BCUT2D eigenvalue weighted by Gasteiger charge is 2.18. The lowest BCUT2D eigenvalue weighted by Crippen LogP contribution is -2.31. The number of amides is 1. The summed E-state index contributed by atoms with van der Waals surface area (Å²) in [7, 11) is 0. The maximum atomic E-state index is 11.8. The number of aromatic carboxylic acids is 1. The van der Waals surface area contributed by atoms with Crippen molar-refractivity contribution < 1.29 is 14.7 Å². The van der Waals surface area contributed by atoms with Gasteiger partial charge in [0.25, 0.3) is 5.91 Å². The Hall–Kier alpha value is -2.38.